The average molecular weight is 350 g/mol. The molecule has 0 aromatic heterocycles. The quantitative estimate of drug-likeness (QED) is 0.738. The van der Waals surface area contributed by atoms with Crippen LogP contribution in [0.4, 0.5) is 5.69 Å². The molecule has 0 saturated heterocycles. The van der Waals surface area contributed by atoms with E-state index in [9.17, 15) is 14.4 Å². The lowest BCUT2D eigenvalue weighted by atomic mass is 10.2. The summed E-state index contributed by atoms with van der Waals surface area (Å²) in [5, 5.41) is 4.99. The van der Waals surface area contributed by atoms with Gasteiger partial charge in [0.15, 0.2) is 6.61 Å². The van der Waals surface area contributed by atoms with E-state index >= 15 is 0 Å². The molecule has 2 rings (SSSR count). The molecule has 2 N–H and O–H groups in total. The monoisotopic (exact) mass is 350 g/mol. The molecule has 1 aliphatic rings. The van der Waals surface area contributed by atoms with Gasteiger partial charge in [0.25, 0.3) is 5.91 Å². The Morgan fingerprint density at radius 1 is 1.38 bits per heavy atom. The number of ether oxygens (including phenoxy) is 1. The van der Waals surface area contributed by atoms with Crippen LogP contribution in [0.3, 0.4) is 0 Å². The Morgan fingerprint density at radius 3 is 2.88 bits per heavy atom. The van der Waals surface area contributed by atoms with E-state index in [0.29, 0.717) is 0 Å². The molecule has 0 unspecified atom stereocenters. The zero-order chi connectivity index (χ0) is 17.5. The fraction of sp³-hybridized carbons (Fsp3) is 0.471. The Hall–Kier alpha value is -2.02. The third-order valence-corrected chi connectivity index (χ3v) is 4.83. The molecule has 0 spiro atoms. The maximum atomic E-state index is 12.0. The number of carbonyl (C=O) groups excluding carboxylic acids is 3. The van der Waals surface area contributed by atoms with Crippen molar-refractivity contribution in [1.82, 2.24) is 5.32 Å². The number of anilines is 1. The number of hydrogen-bond donors (Lipinski definition) is 2. The van der Waals surface area contributed by atoms with Gasteiger partial charge in [0.2, 0.25) is 5.91 Å². The number of rotatable bonds is 7. The summed E-state index contributed by atoms with van der Waals surface area (Å²) < 4.78 is 4.98. The molecule has 1 aromatic rings. The molecule has 0 bridgehead atoms. The van der Waals surface area contributed by atoms with Gasteiger partial charge in [0.1, 0.15) is 0 Å². The summed E-state index contributed by atoms with van der Waals surface area (Å²) in [5.41, 5.74) is 0.751. The molecule has 130 valence electrons. The second-order valence-electron chi connectivity index (χ2n) is 5.71. The average Bonchev–Trinajstić information content (AvgIpc) is 2.54. The van der Waals surface area contributed by atoms with Crippen LogP contribution < -0.4 is 10.6 Å². The van der Waals surface area contributed by atoms with Crippen LogP contribution in [0.15, 0.2) is 29.2 Å². The lowest BCUT2D eigenvalue weighted by molar-refractivity contribution is -0.149. The van der Waals surface area contributed by atoms with Crippen molar-refractivity contribution in [3.8, 4) is 0 Å². The topological polar surface area (TPSA) is 84.5 Å². The summed E-state index contributed by atoms with van der Waals surface area (Å²) in [5.74, 6) is -1.10. The van der Waals surface area contributed by atoms with Crippen LogP contribution >= 0.6 is 11.8 Å². The van der Waals surface area contributed by atoms with Crippen LogP contribution in [0.5, 0.6) is 0 Å². The minimum Gasteiger partial charge on any atom is -0.456 e. The van der Waals surface area contributed by atoms with Crippen molar-refractivity contribution < 1.29 is 19.1 Å². The van der Waals surface area contributed by atoms with Gasteiger partial charge in [0.05, 0.1) is 17.4 Å². The van der Waals surface area contributed by atoms with Crippen LogP contribution in [-0.2, 0) is 19.1 Å². The highest BCUT2D eigenvalue weighted by atomic mass is 32.2. The highest BCUT2D eigenvalue weighted by molar-refractivity contribution is 8.01. The van der Waals surface area contributed by atoms with Gasteiger partial charge in [-0.05, 0) is 25.5 Å². The summed E-state index contributed by atoms with van der Waals surface area (Å²) in [6, 6.07) is 7.47. The maximum absolute atomic E-state index is 12.0. The van der Waals surface area contributed by atoms with Crippen molar-refractivity contribution in [2.24, 2.45) is 0 Å². The van der Waals surface area contributed by atoms with Gasteiger partial charge in [-0.15, -0.1) is 11.8 Å². The first-order valence-corrected chi connectivity index (χ1v) is 8.89. The van der Waals surface area contributed by atoms with Gasteiger partial charge >= 0.3 is 5.97 Å². The molecule has 24 heavy (non-hydrogen) atoms. The van der Waals surface area contributed by atoms with Crippen LogP contribution in [0, 0.1) is 0 Å². The summed E-state index contributed by atoms with van der Waals surface area (Å²) >= 11 is 1.33. The number of fused-ring (bicyclic) bond motifs is 1. The lowest BCUT2D eigenvalue weighted by Crippen LogP contribution is -2.36. The second-order valence-corrected chi connectivity index (χ2v) is 6.96. The Morgan fingerprint density at radius 2 is 2.12 bits per heavy atom. The third-order valence-electron chi connectivity index (χ3n) is 3.55. The van der Waals surface area contributed by atoms with E-state index in [4.69, 9.17) is 4.74 Å². The molecule has 1 heterocycles. The fourth-order valence-electron chi connectivity index (χ4n) is 2.41. The van der Waals surface area contributed by atoms with Gasteiger partial charge < -0.3 is 15.4 Å². The Bertz CT molecular complexity index is 620. The summed E-state index contributed by atoms with van der Waals surface area (Å²) in [6.07, 6.45) is 1.78. The highest BCUT2D eigenvalue weighted by Crippen LogP contribution is 2.36. The Balaban J connectivity index is 1.78. The van der Waals surface area contributed by atoms with E-state index in [1.165, 1.54) is 11.8 Å². The van der Waals surface area contributed by atoms with E-state index in [0.717, 1.165) is 23.4 Å². The van der Waals surface area contributed by atoms with Crippen LogP contribution in [-0.4, -0.2) is 35.7 Å². The molecule has 1 aromatic carbocycles. The molecule has 0 radical (unpaired) electrons. The van der Waals surface area contributed by atoms with Crippen molar-refractivity contribution >= 4 is 35.2 Å². The zero-order valence-electron chi connectivity index (χ0n) is 13.8. The van der Waals surface area contributed by atoms with Crippen LogP contribution in [0.2, 0.25) is 0 Å². The van der Waals surface area contributed by atoms with Crippen LogP contribution in [0.1, 0.15) is 33.1 Å². The van der Waals surface area contributed by atoms with Gasteiger partial charge in [0, 0.05) is 10.9 Å². The maximum Gasteiger partial charge on any atom is 0.307 e. The van der Waals surface area contributed by atoms with Crippen molar-refractivity contribution in [3.05, 3.63) is 24.3 Å². The number of para-hydroxylation sites is 1. The Kier molecular flexibility index (Phi) is 6.66. The van der Waals surface area contributed by atoms with Crippen molar-refractivity contribution in [2.75, 3.05) is 11.9 Å². The SMILES string of the molecule is CCC[C@@H](C)NC(=O)COC(=O)C[C@H]1Sc2ccccc2NC1=O. The normalized spacial score (nSPS) is 17.4. The predicted octanol–water partition coefficient (Wildman–Crippen LogP) is 2.34. The van der Waals surface area contributed by atoms with Crippen molar-refractivity contribution in [3.63, 3.8) is 0 Å². The van der Waals surface area contributed by atoms with Gasteiger partial charge in [-0.25, -0.2) is 0 Å². The minimum atomic E-state index is -0.555. The molecule has 6 nitrogen and oxygen atoms in total. The van der Waals surface area contributed by atoms with Gasteiger partial charge in [-0.3, -0.25) is 14.4 Å². The summed E-state index contributed by atoms with van der Waals surface area (Å²) in [7, 11) is 0. The lowest BCUT2D eigenvalue weighted by Gasteiger charge is -2.23. The summed E-state index contributed by atoms with van der Waals surface area (Å²) in [6.45, 7) is 3.62. The molecule has 2 amide bonds. The standard InChI is InChI=1S/C17H22N2O4S/c1-3-6-11(2)18-15(20)10-23-16(21)9-14-17(22)19-12-7-4-5-8-13(12)24-14/h4-5,7-8,11,14H,3,6,9-10H2,1-2H3,(H,18,20)(H,19,22)/t11-,14-/m1/s1. The highest BCUT2D eigenvalue weighted by Gasteiger charge is 2.29. The Labute approximate surface area is 145 Å². The fourth-order valence-corrected chi connectivity index (χ4v) is 3.50. The number of nitrogens with one attached hydrogen (secondary N) is 2. The predicted molar refractivity (Wildman–Crippen MR) is 92.8 cm³/mol. The number of thioether (sulfide) groups is 1. The number of carbonyl (C=O) groups is 3. The second kappa shape index (κ2) is 8.73. The van der Waals surface area contributed by atoms with Crippen molar-refractivity contribution in [2.45, 2.75) is 49.3 Å². The molecule has 1 aliphatic heterocycles. The molecule has 0 saturated carbocycles. The molecule has 0 fully saturated rings. The number of hydrogen-bond acceptors (Lipinski definition) is 5. The first-order valence-electron chi connectivity index (χ1n) is 8.01. The summed E-state index contributed by atoms with van der Waals surface area (Å²) in [4.78, 5) is 36.5. The molecule has 7 heteroatoms. The molecule has 0 aliphatic carbocycles. The first-order chi connectivity index (χ1) is 11.5. The smallest absolute Gasteiger partial charge is 0.307 e. The van der Waals surface area contributed by atoms with E-state index in [2.05, 4.69) is 10.6 Å². The van der Waals surface area contributed by atoms with Gasteiger partial charge in [-0.1, -0.05) is 25.5 Å². The third kappa shape index (κ3) is 5.26. The first kappa shape index (κ1) is 18.3. The molecular weight excluding hydrogens is 328 g/mol. The van der Waals surface area contributed by atoms with Crippen LogP contribution in [0.25, 0.3) is 0 Å². The van der Waals surface area contributed by atoms with Crippen molar-refractivity contribution in [1.29, 1.82) is 0 Å². The number of amides is 2. The zero-order valence-corrected chi connectivity index (χ0v) is 14.7. The van der Waals surface area contributed by atoms with E-state index in [1.54, 1.807) is 0 Å². The number of benzene rings is 1. The molecule has 2 atom stereocenters. The molecular formula is C17H22N2O4S. The number of esters is 1. The van der Waals surface area contributed by atoms with E-state index in [-0.39, 0.29) is 30.9 Å². The minimum absolute atomic E-state index is 0.0531. The van der Waals surface area contributed by atoms with Gasteiger partial charge in [-0.2, -0.15) is 0 Å². The largest absolute Gasteiger partial charge is 0.456 e. The van der Waals surface area contributed by atoms with E-state index in [1.807, 2.05) is 38.1 Å². The van der Waals surface area contributed by atoms with E-state index < -0.39 is 11.2 Å².